The number of aromatic nitrogens is 2. The summed E-state index contributed by atoms with van der Waals surface area (Å²) in [6, 6.07) is 4.28. The maximum atomic E-state index is 13.2. The summed E-state index contributed by atoms with van der Waals surface area (Å²) in [5, 5.41) is 15.6. The summed E-state index contributed by atoms with van der Waals surface area (Å²) in [5.74, 6) is 0.836. The van der Waals surface area contributed by atoms with E-state index in [-0.39, 0.29) is 18.6 Å². The zero-order valence-electron chi connectivity index (χ0n) is 16.6. The molecule has 1 aliphatic heterocycles. The summed E-state index contributed by atoms with van der Waals surface area (Å²) in [5.41, 5.74) is 0.939. The third-order valence-corrected chi connectivity index (χ3v) is 7.56. The van der Waals surface area contributed by atoms with Gasteiger partial charge in [-0.15, -0.1) is 22.7 Å². The summed E-state index contributed by atoms with van der Waals surface area (Å²) in [6.45, 7) is 7.86. The van der Waals surface area contributed by atoms with E-state index in [9.17, 15) is 4.79 Å². The molecule has 1 amide bonds. The van der Waals surface area contributed by atoms with Crippen molar-refractivity contribution >= 4 is 44.6 Å². The zero-order valence-corrected chi connectivity index (χ0v) is 18.2. The minimum atomic E-state index is 0.0615. The van der Waals surface area contributed by atoms with E-state index in [0.29, 0.717) is 19.6 Å². The fourth-order valence-corrected chi connectivity index (χ4v) is 5.51. The van der Waals surface area contributed by atoms with E-state index in [4.69, 9.17) is 5.11 Å². The first kappa shape index (κ1) is 20.2. The number of hydrogen-bond acceptors (Lipinski definition) is 8. The molecule has 0 radical (unpaired) electrons. The molecule has 3 aromatic heterocycles. The minimum absolute atomic E-state index is 0.0615. The topological polar surface area (TPSA) is 81.6 Å². The van der Waals surface area contributed by atoms with Gasteiger partial charge in [-0.1, -0.05) is 6.07 Å². The maximum absolute atomic E-state index is 13.2. The van der Waals surface area contributed by atoms with Crippen LogP contribution >= 0.6 is 22.7 Å². The van der Waals surface area contributed by atoms with Crippen molar-refractivity contribution in [2.24, 2.45) is 0 Å². The lowest BCUT2D eigenvalue weighted by Crippen LogP contribution is -2.49. The van der Waals surface area contributed by atoms with Crippen molar-refractivity contribution in [3.8, 4) is 0 Å². The smallest absolute Gasteiger partial charge is 0.264 e. The molecule has 0 bridgehead atoms. The van der Waals surface area contributed by atoms with Gasteiger partial charge in [0.05, 0.1) is 22.9 Å². The van der Waals surface area contributed by atoms with Crippen LogP contribution < -0.4 is 5.32 Å². The lowest BCUT2D eigenvalue weighted by Gasteiger charge is -2.34. The molecule has 1 aliphatic rings. The SMILES string of the molecule is Cc1c(C(=O)N2CCN(CCO)CC2)sc2ncnc(NC(C)c3cccs3)c12. The summed E-state index contributed by atoms with van der Waals surface area (Å²) >= 11 is 3.15. The van der Waals surface area contributed by atoms with Crippen molar-refractivity contribution in [3.05, 3.63) is 39.2 Å². The summed E-state index contributed by atoms with van der Waals surface area (Å²) in [6.07, 6.45) is 1.56. The van der Waals surface area contributed by atoms with E-state index in [1.54, 1.807) is 17.7 Å². The van der Waals surface area contributed by atoms with Gasteiger partial charge in [0.2, 0.25) is 0 Å². The molecular weight excluding hydrogens is 406 g/mol. The first-order valence-corrected chi connectivity index (χ1v) is 11.4. The molecule has 29 heavy (non-hydrogen) atoms. The Hall–Kier alpha value is -2.07. The van der Waals surface area contributed by atoms with E-state index >= 15 is 0 Å². The van der Waals surface area contributed by atoms with Crippen molar-refractivity contribution < 1.29 is 9.90 Å². The number of rotatable bonds is 6. The van der Waals surface area contributed by atoms with E-state index in [1.165, 1.54) is 16.2 Å². The molecule has 0 spiro atoms. The van der Waals surface area contributed by atoms with Crippen LogP contribution in [0.1, 0.15) is 33.1 Å². The van der Waals surface area contributed by atoms with Gasteiger partial charge in [0.1, 0.15) is 17.0 Å². The highest BCUT2D eigenvalue weighted by Gasteiger charge is 2.26. The largest absolute Gasteiger partial charge is 0.395 e. The van der Waals surface area contributed by atoms with Crippen LogP contribution in [0.5, 0.6) is 0 Å². The Morgan fingerprint density at radius 2 is 2.10 bits per heavy atom. The van der Waals surface area contributed by atoms with Crippen molar-refractivity contribution in [1.29, 1.82) is 0 Å². The third-order valence-electron chi connectivity index (χ3n) is 5.32. The molecule has 0 aromatic carbocycles. The Morgan fingerprint density at radius 3 is 2.79 bits per heavy atom. The number of carbonyl (C=O) groups is 1. The van der Waals surface area contributed by atoms with E-state index in [0.717, 1.165) is 39.6 Å². The Kier molecular flexibility index (Phi) is 6.09. The molecule has 0 aliphatic carbocycles. The van der Waals surface area contributed by atoms with Gasteiger partial charge in [-0.2, -0.15) is 0 Å². The molecule has 4 heterocycles. The Labute approximate surface area is 178 Å². The summed E-state index contributed by atoms with van der Waals surface area (Å²) < 4.78 is 0. The molecule has 2 N–H and O–H groups in total. The molecule has 1 unspecified atom stereocenters. The van der Waals surface area contributed by atoms with Gasteiger partial charge in [-0.05, 0) is 30.9 Å². The standard InChI is InChI=1S/C20H25N5O2S2/c1-13-16-18(23-14(2)15-4-3-11-28-15)21-12-22-19(16)29-17(13)20(27)25-7-5-24(6-8-25)9-10-26/h3-4,11-12,14,26H,5-10H2,1-2H3,(H,21,22,23). The number of nitrogens with zero attached hydrogens (tertiary/aromatic N) is 4. The molecule has 1 atom stereocenters. The predicted octanol–water partition coefficient (Wildman–Crippen LogP) is 2.98. The first-order chi connectivity index (χ1) is 14.1. The van der Waals surface area contributed by atoms with E-state index in [2.05, 4.69) is 38.6 Å². The van der Waals surface area contributed by atoms with Crippen molar-refractivity contribution in [3.63, 3.8) is 0 Å². The van der Waals surface area contributed by atoms with Crippen LogP contribution in [0.4, 0.5) is 5.82 Å². The zero-order chi connectivity index (χ0) is 20.4. The number of anilines is 1. The molecule has 7 nitrogen and oxygen atoms in total. The second-order valence-corrected chi connectivity index (χ2v) is 9.18. The number of thiophene rings is 2. The number of β-amino-alcohol motifs (C(OH)–C–C–N with tert-alkyl or cyclic N) is 1. The monoisotopic (exact) mass is 431 g/mol. The van der Waals surface area contributed by atoms with Crippen LogP contribution in [0.3, 0.4) is 0 Å². The summed E-state index contributed by atoms with van der Waals surface area (Å²) in [4.78, 5) is 29.0. The molecule has 4 rings (SSSR count). The van der Waals surface area contributed by atoms with E-state index < -0.39 is 0 Å². The van der Waals surface area contributed by atoms with Gasteiger partial charge in [0.25, 0.3) is 5.91 Å². The average Bonchev–Trinajstić information content (AvgIpc) is 3.37. The lowest BCUT2D eigenvalue weighted by atomic mass is 10.1. The van der Waals surface area contributed by atoms with Crippen molar-refractivity contribution in [2.75, 3.05) is 44.6 Å². The van der Waals surface area contributed by atoms with Gasteiger partial charge in [0, 0.05) is 37.6 Å². The molecule has 0 saturated carbocycles. The maximum Gasteiger partial charge on any atom is 0.264 e. The predicted molar refractivity (Wildman–Crippen MR) is 118 cm³/mol. The van der Waals surface area contributed by atoms with Crippen molar-refractivity contribution in [2.45, 2.75) is 19.9 Å². The fourth-order valence-electron chi connectivity index (χ4n) is 3.66. The van der Waals surface area contributed by atoms with E-state index in [1.807, 2.05) is 17.9 Å². The minimum Gasteiger partial charge on any atom is -0.395 e. The van der Waals surface area contributed by atoms with Gasteiger partial charge in [-0.3, -0.25) is 9.69 Å². The number of piperazine rings is 1. The molecule has 3 aromatic rings. The summed E-state index contributed by atoms with van der Waals surface area (Å²) in [7, 11) is 0. The van der Waals surface area contributed by atoms with Gasteiger partial charge >= 0.3 is 0 Å². The molecule has 9 heteroatoms. The van der Waals surface area contributed by atoms with Crippen LogP contribution in [0.2, 0.25) is 0 Å². The Balaban J connectivity index is 1.57. The third kappa shape index (κ3) is 4.13. The Morgan fingerprint density at radius 1 is 1.31 bits per heavy atom. The number of aliphatic hydroxyl groups excluding tert-OH is 1. The lowest BCUT2D eigenvalue weighted by molar-refractivity contribution is 0.0619. The number of amides is 1. The van der Waals surface area contributed by atoms with Gasteiger partial charge in [0.15, 0.2) is 0 Å². The quantitative estimate of drug-likeness (QED) is 0.625. The van der Waals surface area contributed by atoms with Crippen LogP contribution in [-0.2, 0) is 0 Å². The van der Waals surface area contributed by atoms with Crippen LogP contribution in [-0.4, -0.2) is 70.1 Å². The molecule has 1 fully saturated rings. The Bertz CT molecular complexity index is 980. The van der Waals surface area contributed by atoms with Crippen LogP contribution in [0.15, 0.2) is 23.8 Å². The van der Waals surface area contributed by atoms with Gasteiger partial charge in [-0.25, -0.2) is 9.97 Å². The highest BCUT2D eigenvalue weighted by Crippen LogP contribution is 2.35. The average molecular weight is 432 g/mol. The van der Waals surface area contributed by atoms with Crippen molar-refractivity contribution in [1.82, 2.24) is 19.8 Å². The first-order valence-electron chi connectivity index (χ1n) is 9.75. The fraction of sp³-hybridized carbons (Fsp3) is 0.450. The number of fused-ring (bicyclic) bond motifs is 1. The number of carbonyl (C=O) groups excluding carboxylic acids is 1. The number of aliphatic hydroxyl groups is 1. The van der Waals surface area contributed by atoms with Crippen LogP contribution in [0.25, 0.3) is 10.2 Å². The highest BCUT2D eigenvalue weighted by atomic mass is 32.1. The number of hydrogen-bond donors (Lipinski definition) is 2. The second kappa shape index (κ2) is 8.74. The molecular formula is C20H25N5O2S2. The number of aryl methyl sites for hydroxylation is 1. The highest BCUT2D eigenvalue weighted by molar-refractivity contribution is 7.20. The molecule has 1 saturated heterocycles. The normalized spacial score (nSPS) is 16.3. The van der Waals surface area contributed by atoms with Crippen LogP contribution in [0, 0.1) is 6.92 Å². The number of nitrogens with one attached hydrogen (secondary N) is 1. The second-order valence-electron chi connectivity index (χ2n) is 7.20. The molecule has 154 valence electrons. The van der Waals surface area contributed by atoms with Gasteiger partial charge < -0.3 is 15.3 Å².